The number of hydrogen-bond acceptors (Lipinski definition) is 5. The predicted octanol–water partition coefficient (Wildman–Crippen LogP) is 3.65. The first-order valence-electron chi connectivity index (χ1n) is 9.09. The first-order chi connectivity index (χ1) is 11.8. The normalized spacial score (nSPS) is 45.3. The monoisotopic (exact) mass is 378 g/mol. The van der Waals surface area contributed by atoms with Crippen molar-refractivity contribution in [3.63, 3.8) is 0 Å². The molecule has 0 heterocycles. The summed E-state index contributed by atoms with van der Waals surface area (Å²) in [7, 11) is -4.32. The van der Waals surface area contributed by atoms with Gasteiger partial charge in [-0.3, -0.25) is 0 Å². The highest BCUT2D eigenvalue weighted by molar-refractivity contribution is 7.87. The van der Waals surface area contributed by atoms with E-state index in [-0.39, 0.29) is 0 Å². The summed E-state index contributed by atoms with van der Waals surface area (Å²) in [6.07, 6.45) is 8.24. The molecule has 0 radical (unpaired) electrons. The van der Waals surface area contributed by atoms with Crippen molar-refractivity contribution in [2.45, 2.75) is 44.3 Å². The molecule has 8 heteroatoms. The van der Waals surface area contributed by atoms with Gasteiger partial charge in [0.15, 0.2) is 0 Å². The van der Waals surface area contributed by atoms with Crippen LogP contribution in [0.1, 0.15) is 38.5 Å². The highest BCUT2D eigenvalue weighted by Gasteiger charge is 2.63. The van der Waals surface area contributed by atoms with Gasteiger partial charge in [0.05, 0.1) is 7.11 Å². The topological polar surface area (TPSA) is 69.7 Å². The van der Waals surface area contributed by atoms with Gasteiger partial charge in [-0.25, -0.2) is 4.79 Å². The number of carbonyl (C=O) groups is 1. The Morgan fingerprint density at radius 3 is 1.40 bits per heavy atom. The molecule has 25 heavy (non-hydrogen) atoms. The Hall–Kier alpha value is -0.920. The molecule has 7 saturated carbocycles. The van der Waals surface area contributed by atoms with E-state index >= 15 is 0 Å². The van der Waals surface area contributed by atoms with Crippen LogP contribution in [0.3, 0.4) is 0 Å². The molecule has 0 aliphatic heterocycles. The van der Waals surface area contributed by atoms with Crippen LogP contribution in [0.5, 0.6) is 0 Å². The summed E-state index contributed by atoms with van der Waals surface area (Å²) in [5.41, 5.74) is 0. The quantitative estimate of drug-likeness (QED) is 0.542. The molecule has 0 unspecified atom stereocenters. The van der Waals surface area contributed by atoms with Crippen molar-refractivity contribution in [2.24, 2.45) is 47.3 Å². The Morgan fingerprint density at radius 1 is 0.840 bits per heavy atom. The van der Waals surface area contributed by atoms with E-state index < -0.39 is 22.0 Å². The van der Waals surface area contributed by atoms with Gasteiger partial charge >= 0.3 is 22.0 Å². The molecule has 0 N–H and O–H groups in total. The zero-order valence-electron chi connectivity index (χ0n) is 14.1. The lowest BCUT2D eigenvalue weighted by Gasteiger charge is -2.69. The zero-order chi connectivity index (χ0) is 17.9. The third-order valence-electron chi connectivity index (χ3n) is 7.50. The van der Waals surface area contributed by atoms with Crippen LogP contribution in [0.4, 0.5) is 13.6 Å². The second kappa shape index (κ2) is 6.06. The van der Waals surface area contributed by atoms with Crippen LogP contribution >= 0.6 is 0 Å². The molecule has 0 saturated heterocycles. The van der Waals surface area contributed by atoms with Crippen LogP contribution in [0.2, 0.25) is 0 Å². The molecule has 0 aromatic rings. The molecule has 142 valence electrons. The predicted molar refractivity (Wildman–Crippen MR) is 84.0 cm³/mol. The lowest BCUT2D eigenvalue weighted by molar-refractivity contribution is -0.202. The third kappa shape index (κ3) is 2.84. The Kier molecular flexibility index (Phi) is 4.24. The Balaban J connectivity index is 0.000000132. The molecule has 7 aliphatic carbocycles. The molecule has 0 atom stereocenters. The lowest BCUT2D eigenvalue weighted by Crippen LogP contribution is -2.62. The number of carbonyl (C=O) groups excluding carboxylic acids is 1. The van der Waals surface area contributed by atoms with Crippen LogP contribution in [0, 0.1) is 47.3 Å². The highest BCUT2D eigenvalue weighted by Crippen LogP contribution is 2.71. The van der Waals surface area contributed by atoms with Crippen molar-refractivity contribution in [1.82, 2.24) is 0 Å². The lowest BCUT2D eigenvalue weighted by atomic mass is 9.36. The number of rotatable bonds is 2. The SMILES string of the molecule is C1C2CC3C4CC5CC(C14)C(C2)C3C5.COC(=O)OS(=O)(=O)C(F)F. The minimum atomic E-state index is -5.12. The summed E-state index contributed by atoms with van der Waals surface area (Å²) < 4.78 is 49.7. The van der Waals surface area contributed by atoms with Gasteiger partial charge in [-0.2, -0.15) is 17.2 Å². The fourth-order valence-corrected chi connectivity index (χ4v) is 7.39. The van der Waals surface area contributed by atoms with Crippen molar-refractivity contribution >= 4 is 16.3 Å². The minimum absolute atomic E-state index is 0.795. The second-order valence-electron chi connectivity index (χ2n) is 8.42. The smallest absolute Gasteiger partial charge is 0.437 e. The fourth-order valence-electron chi connectivity index (χ4n) is 7.05. The minimum Gasteiger partial charge on any atom is -0.437 e. The van der Waals surface area contributed by atoms with Crippen LogP contribution in [0.25, 0.3) is 0 Å². The maximum atomic E-state index is 11.4. The van der Waals surface area contributed by atoms with Crippen molar-refractivity contribution in [3.8, 4) is 0 Å². The van der Waals surface area contributed by atoms with Crippen molar-refractivity contribution < 1.29 is 30.9 Å². The first kappa shape index (κ1) is 17.5. The van der Waals surface area contributed by atoms with E-state index in [2.05, 4.69) is 8.92 Å². The fraction of sp³-hybridized carbons (Fsp3) is 0.941. The Morgan fingerprint density at radius 2 is 1.16 bits per heavy atom. The molecule has 7 rings (SSSR count). The first-order valence-corrected chi connectivity index (χ1v) is 10.6. The van der Waals surface area contributed by atoms with Gasteiger partial charge in [-0.05, 0) is 85.9 Å². The number of hydrogen-bond donors (Lipinski definition) is 0. The highest BCUT2D eigenvalue weighted by atomic mass is 32.2. The van der Waals surface area contributed by atoms with Crippen LogP contribution in [-0.4, -0.2) is 27.4 Å². The van der Waals surface area contributed by atoms with Crippen LogP contribution in [-0.2, 0) is 19.0 Å². The summed E-state index contributed by atoms with van der Waals surface area (Å²) in [5, 5.41) is 0. The van der Waals surface area contributed by atoms with Gasteiger partial charge in [0.1, 0.15) is 0 Å². The number of methoxy groups -OCH3 is 1. The van der Waals surface area contributed by atoms with Gasteiger partial charge < -0.3 is 8.92 Å². The van der Waals surface area contributed by atoms with E-state index in [1.807, 2.05) is 0 Å². The van der Waals surface area contributed by atoms with Gasteiger partial charge in [-0.15, -0.1) is 0 Å². The van der Waals surface area contributed by atoms with E-state index in [1.54, 1.807) is 38.5 Å². The molecular weight excluding hydrogens is 354 g/mol. The maximum Gasteiger partial charge on any atom is 0.524 e. The Labute approximate surface area is 146 Å². The summed E-state index contributed by atoms with van der Waals surface area (Å²) in [6.45, 7) is 0. The van der Waals surface area contributed by atoms with E-state index in [1.165, 1.54) is 47.3 Å². The molecule has 5 nitrogen and oxygen atoms in total. The molecular formula is C17H24F2O5S. The van der Waals surface area contributed by atoms with Crippen molar-refractivity contribution in [1.29, 1.82) is 0 Å². The molecule has 0 spiro atoms. The molecule has 0 aromatic heterocycles. The average molecular weight is 378 g/mol. The van der Waals surface area contributed by atoms with Crippen molar-refractivity contribution in [2.75, 3.05) is 7.11 Å². The third-order valence-corrected chi connectivity index (χ3v) is 8.31. The standard InChI is InChI=1S/C14H20.C3H4F2O5S/c1-7-2-12-10-4-8-5-11(9(1)10)13(3-7)14(12)6-8;1-9-3(6)10-11(7,8)2(4)5/h7-14H,1-6H2;2H,1H3. The van der Waals surface area contributed by atoms with Gasteiger partial charge in [0.2, 0.25) is 0 Å². The molecule has 0 aromatic carbocycles. The maximum absolute atomic E-state index is 11.4. The summed E-state index contributed by atoms with van der Waals surface area (Å²) in [5.74, 6) is 5.99. The van der Waals surface area contributed by atoms with E-state index in [0.717, 1.165) is 7.11 Å². The van der Waals surface area contributed by atoms with E-state index in [9.17, 15) is 22.0 Å². The molecule has 8 bridgehead atoms. The molecule has 7 aliphatic rings. The van der Waals surface area contributed by atoms with Crippen LogP contribution in [0.15, 0.2) is 0 Å². The average Bonchev–Trinajstić information content (AvgIpc) is 2.58. The van der Waals surface area contributed by atoms with Crippen molar-refractivity contribution in [3.05, 3.63) is 0 Å². The van der Waals surface area contributed by atoms with Gasteiger partial charge in [0.25, 0.3) is 0 Å². The van der Waals surface area contributed by atoms with Gasteiger partial charge in [-0.1, -0.05) is 0 Å². The molecule has 7 fully saturated rings. The summed E-state index contributed by atoms with van der Waals surface area (Å²) >= 11 is 0. The zero-order valence-corrected chi connectivity index (χ0v) is 15.0. The van der Waals surface area contributed by atoms with Crippen LogP contribution < -0.4 is 0 Å². The van der Waals surface area contributed by atoms with E-state index in [0.29, 0.717) is 0 Å². The van der Waals surface area contributed by atoms with Gasteiger partial charge in [0, 0.05) is 0 Å². The number of alkyl halides is 2. The summed E-state index contributed by atoms with van der Waals surface area (Å²) in [6, 6.07) is 0. The van der Waals surface area contributed by atoms with E-state index in [4.69, 9.17) is 0 Å². The summed E-state index contributed by atoms with van der Waals surface area (Å²) in [4.78, 5) is 9.97. The number of halogens is 2. The largest absolute Gasteiger partial charge is 0.524 e. The second-order valence-corrected chi connectivity index (χ2v) is 9.93. The Bertz CT molecular complexity index is 562. The molecule has 0 amide bonds. The number of ether oxygens (including phenoxy) is 1.